The minimum Gasteiger partial charge on any atom is -0.293 e. The average molecular weight is 373 g/mol. The maximum atomic E-state index is 12.6. The number of carbonyl (C=O) groups is 1. The molecule has 6 heteroatoms. The molecule has 0 saturated heterocycles. The number of Topliss-reactive ketones (excluding diaryl/α,β-unsaturated/α-hetero) is 1. The van der Waals surface area contributed by atoms with Crippen molar-refractivity contribution in [1.29, 1.82) is 0 Å². The number of hydrogen-bond acceptors (Lipinski definition) is 5. The Morgan fingerprint density at radius 1 is 1.24 bits per heavy atom. The van der Waals surface area contributed by atoms with E-state index in [1.165, 1.54) is 23.1 Å². The van der Waals surface area contributed by atoms with Gasteiger partial charge in [-0.3, -0.25) is 14.2 Å². The van der Waals surface area contributed by atoms with Crippen molar-refractivity contribution in [2.24, 2.45) is 7.05 Å². The second-order valence-electron chi connectivity index (χ2n) is 6.25. The van der Waals surface area contributed by atoms with Gasteiger partial charge in [-0.2, -0.15) is 0 Å². The summed E-state index contributed by atoms with van der Waals surface area (Å²) < 4.78 is 1.54. The van der Waals surface area contributed by atoms with Gasteiger partial charge in [0.2, 0.25) is 0 Å². The van der Waals surface area contributed by atoms with Crippen LogP contribution in [0.5, 0.6) is 0 Å². The van der Waals surface area contributed by atoms with E-state index in [1.54, 1.807) is 11.6 Å². The number of rotatable bonds is 4. The minimum atomic E-state index is -0.0479. The smallest absolute Gasteiger partial charge is 0.262 e. The van der Waals surface area contributed by atoms with Crippen LogP contribution in [0.4, 0.5) is 0 Å². The Morgan fingerprint density at radius 2 is 1.96 bits per heavy atom. The predicted molar refractivity (Wildman–Crippen MR) is 105 cm³/mol. The highest BCUT2D eigenvalue weighted by atomic mass is 32.2. The second kappa shape index (κ2) is 6.77. The lowest BCUT2D eigenvalue weighted by Gasteiger charge is -2.08. The summed E-state index contributed by atoms with van der Waals surface area (Å²) >= 11 is 2.84. The number of fused-ring (bicyclic) bond motifs is 1. The van der Waals surface area contributed by atoms with Gasteiger partial charge >= 0.3 is 0 Å². The quantitative estimate of drug-likeness (QED) is 0.391. The van der Waals surface area contributed by atoms with Gasteiger partial charge in [0.25, 0.3) is 5.56 Å². The molecule has 25 heavy (non-hydrogen) atoms. The zero-order valence-corrected chi connectivity index (χ0v) is 16.6. The molecule has 3 rings (SSSR count). The Kier molecular flexibility index (Phi) is 4.84. The molecule has 1 aromatic carbocycles. The molecule has 0 atom stereocenters. The van der Waals surface area contributed by atoms with Gasteiger partial charge in [-0.05, 0) is 38.8 Å². The number of hydrogen-bond donors (Lipinski definition) is 0. The minimum absolute atomic E-state index is 0.0479. The zero-order valence-electron chi connectivity index (χ0n) is 15.0. The molecule has 4 nitrogen and oxygen atoms in total. The highest BCUT2D eigenvalue weighted by Gasteiger charge is 2.16. The Hall–Kier alpha value is -1.92. The summed E-state index contributed by atoms with van der Waals surface area (Å²) in [6.07, 6.45) is 0. The second-order valence-corrected chi connectivity index (χ2v) is 8.40. The molecule has 130 valence electrons. The van der Waals surface area contributed by atoms with Crippen LogP contribution in [0.1, 0.15) is 31.9 Å². The third-order valence-corrected chi connectivity index (χ3v) is 6.52. The summed E-state index contributed by atoms with van der Waals surface area (Å²) in [5.41, 5.74) is 3.79. The largest absolute Gasteiger partial charge is 0.293 e. The molecule has 0 bridgehead atoms. The Balaban J connectivity index is 1.89. The fourth-order valence-electron chi connectivity index (χ4n) is 2.82. The van der Waals surface area contributed by atoms with Gasteiger partial charge in [0.05, 0.1) is 11.1 Å². The van der Waals surface area contributed by atoms with Crippen LogP contribution in [0, 0.1) is 27.7 Å². The number of nitrogens with zero attached hydrogens (tertiary/aromatic N) is 2. The lowest BCUT2D eigenvalue weighted by molar-refractivity contribution is 0.102. The molecule has 2 heterocycles. The first-order chi connectivity index (χ1) is 11.8. The topological polar surface area (TPSA) is 52.0 Å². The van der Waals surface area contributed by atoms with Crippen molar-refractivity contribution in [3.63, 3.8) is 0 Å². The molecule has 0 N–H and O–H groups in total. The predicted octanol–water partition coefficient (Wildman–Crippen LogP) is 4.20. The van der Waals surface area contributed by atoms with Crippen LogP contribution in [-0.4, -0.2) is 21.1 Å². The Labute approximate surface area is 154 Å². The van der Waals surface area contributed by atoms with Gasteiger partial charge in [0, 0.05) is 17.5 Å². The van der Waals surface area contributed by atoms with Crippen LogP contribution >= 0.6 is 23.1 Å². The van der Waals surface area contributed by atoms with E-state index in [9.17, 15) is 9.59 Å². The van der Waals surface area contributed by atoms with Gasteiger partial charge < -0.3 is 0 Å². The van der Waals surface area contributed by atoms with Crippen molar-refractivity contribution >= 4 is 39.1 Å². The van der Waals surface area contributed by atoms with Crippen molar-refractivity contribution in [3.05, 3.63) is 55.7 Å². The molecule has 2 aromatic heterocycles. The summed E-state index contributed by atoms with van der Waals surface area (Å²) in [5.74, 6) is 0.314. The van der Waals surface area contributed by atoms with Crippen LogP contribution in [-0.2, 0) is 7.05 Å². The molecule has 0 spiro atoms. The fraction of sp³-hybridized carbons (Fsp3) is 0.316. The summed E-state index contributed by atoms with van der Waals surface area (Å²) in [6, 6.07) is 5.83. The fourth-order valence-corrected chi connectivity index (χ4v) is 4.75. The standard InChI is InChI=1S/C19H20N2O2S2/c1-10-6-7-14(11(2)8-10)15(22)9-24-19-20-17-16(18(23)21(19)5)12(3)13(4)25-17/h6-8H,9H2,1-5H3. The van der Waals surface area contributed by atoms with E-state index in [0.717, 1.165) is 32.0 Å². The van der Waals surface area contributed by atoms with Gasteiger partial charge in [-0.25, -0.2) is 4.98 Å². The van der Waals surface area contributed by atoms with E-state index >= 15 is 0 Å². The lowest BCUT2D eigenvalue weighted by atomic mass is 10.0. The average Bonchev–Trinajstić information content (AvgIpc) is 2.84. The number of ketones is 1. The summed E-state index contributed by atoms with van der Waals surface area (Å²) in [5, 5.41) is 1.27. The number of thiophene rings is 1. The normalized spacial score (nSPS) is 11.2. The molecule has 0 aliphatic carbocycles. The molecule has 0 unspecified atom stereocenters. The van der Waals surface area contributed by atoms with E-state index in [0.29, 0.717) is 10.5 Å². The van der Waals surface area contributed by atoms with E-state index in [2.05, 4.69) is 4.98 Å². The van der Waals surface area contributed by atoms with Crippen LogP contribution < -0.4 is 5.56 Å². The van der Waals surface area contributed by atoms with Crippen LogP contribution in [0.15, 0.2) is 28.2 Å². The van der Waals surface area contributed by atoms with E-state index in [1.807, 2.05) is 45.9 Å². The van der Waals surface area contributed by atoms with Crippen LogP contribution in [0.3, 0.4) is 0 Å². The first-order valence-corrected chi connectivity index (χ1v) is 9.79. The third-order valence-electron chi connectivity index (χ3n) is 4.38. The summed E-state index contributed by atoms with van der Waals surface area (Å²) in [6.45, 7) is 7.91. The molecule has 0 aliphatic rings. The molecule has 0 radical (unpaired) electrons. The van der Waals surface area contributed by atoms with E-state index in [-0.39, 0.29) is 17.1 Å². The van der Waals surface area contributed by atoms with Crippen molar-refractivity contribution < 1.29 is 4.79 Å². The maximum Gasteiger partial charge on any atom is 0.262 e. The molecular weight excluding hydrogens is 352 g/mol. The number of thioether (sulfide) groups is 1. The third kappa shape index (κ3) is 3.28. The lowest BCUT2D eigenvalue weighted by Crippen LogP contribution is -2.20. The van der Waals surface area contributed by atoms with Crippen molar-refractivity contribution in [2.45, 2.75) is 32.9 Å². The molecular formula is C19H20N2O2S2. The van der Waals surface area contributed by atoms with Gasteiger partial charge in [-0.15, -0.1) is 11.3 Å². The van der Waals surface area contributed by atoms with E-state index < -0.39 is 0 Å². The number of carbonyl (C=O) groups excluding carboxylic acids is 1. The van der Waals surface area contributed by atoms with Gasteiger partial charge in [0.15, 0.2) is 10.9 Å². The molecule has 0 saturated carbocycles. The van der Waals surface area contributed by atoms with E-state index in [4.69, 9.17) is 0 Å². The number of aromatic nitrogens is 2. The highest BCUT2D eigenvalue weighted by Crippen LogP contribution is 2.28. The van der Waals surface area contributed by atoms with Crippen LogP contribution in [0.25, 0.3) is 10.2 Å². The first-order valence-electron chi connectivity index (χ1n) is 7.99. The number of aryl methyl sites for hydroxylation is 4. The van der Waals surface area contributed by atoms with Gasteiger partial charge in [-0.1, -0.05) is 35.5 Å². The highest BCUT2D eigenvalue weighted by molar-refractivity contribution is 7.99. The van der Waals surface area contributed by atoms with Gasteiger partial charge in [0.1, 0.15) is 4.83 Å². The zero-order chi connectivity index (χ0) is 18.3. The summed E-state index contributed by atoms with van der Waals surface area (Å²) in [4.78, 5) is 31.6. The first kappa shape index (κ1) is 17.9. The summed E-state index contributed by atoms with van der Waals surface area (Å²) in [7, 11) is 1.71. The molecule has 0 fully saturated rings. The van der Waals surface area contributed by atoms with Crippen molar-refractivity contribution in [2.75, 3.05) is 5.75 Å². The maximum absolute atomic E-state index is 12.6. The van der Waals surface area contributed by atoms with Crippen molar-refractivity contribution in [1.82, 2.24) is 9.55 Å². The SMILES string of the molecule is Cc1ccc(C(=O)CSc2nc3sc(C)c(C)c3c(=O)n2C)c(C)c1. The Bertz CT molecular complexity index is 1050. The van der Waals surface area contributed by atoms with Crippen molar-refractivity contribution in [3.8, 4) is 0 Å². The Morgan fingerprint density at radius 3 is 2.64 bits per heavy atom. The molecule has 0 amide bonds. The number of benzene rings is 1. The monoisotopic (exact) mass is 372 g/mol. The molecule has 3 aromatic rings. The molecule has 0 aliphatic heterocycles. The van der Waals surface area contributed by atoms with Crippen LogP contribution in [0.2, 0.25) is 0 Å².